The van der Waals surface area contributed by atoms with Crippen LogP contribution < -0.4 is 9.64 Å². The molecule has 5 heteroatoms. The Kier molecular flexibility index (Phi) is 5.27. The third kappa shape index (κ3) is 3.22. The normalized spacial score (nSPS) is 21.8. The number of hydrogen-bond donors (Lipinski definition) is 0. The summed E-state index contributed by atoms with van der Waals surface area (Å²) < 4.78 is 16.9. The van der Waals surface area contributed by atoms with Crippen LogP contribution in [0.2, 0.25) is 0 Å². The Morgan fingerprint density at radius 3 is 2.96 bits per heavy atom. The van der Waals surface area contributed by atoms with Crippen molar-refractivity contribution in [3.63, 3.8) is 0 Å². The molecule has 5 nitrogen and oxygen atoms in total. The third-order valence-electron chi connectivity index (χ3n) is 4.87. The first-order chi connectivity index (χ1) is 11.7. The van der Waals surface area contributed by atoms with Gasteiger partial charge in [0.1, 0.15) is 11.3 Å². The summed E-state index contributed by atoms with van der Waals surface area (Å²) in [6, 6.07) is 2.29. The molecule has 1 aromatic heterocycles. The first kappa shape index (κ1) is 17.1. The largest absolute Gasteiger partial charge is 0.480 e. The summed E-state index contributed by atoms with van der Waals surface area (Å²) in [7, 11) is 1.66. The molecule has 0 bridgehead atoms. The lowest BCUT2D eigenvalue weighted by Crippen LogP contribution is -2.68. The first-order valence-corrected chi connectivity index (χ1v) is 8.71. The van der Waals surface area contributed by atoms with E-state index in [-0.39, 0.29) is 11.6 Å². The first-order valence-electron chi connectivity index (χ1n) is 8.71. The highest BCUT2D eigenvalue weighted by Crippen LogP contribution is 2.37. The van der Waals surface area contributed by atoms with Crippen molar-refractivity contribution < 1.29 is 14.2 Å². The van der Waals surface area contributed by atoms with Gasteiger partial charge in [0.2, 0.25) is 5.88 Å². The number of aromatic nitrogens is 1. The minimum atomic E-state index is -0.202. The fraction of sp³-hybridized carbons (Fsp3) is 0.632. The zero-order chi connectivity index (χ0) is 17.0. The highest BCUT2D eigenvalue weighted by Gasteiger charge is 2.50. The molecule has 1 atom stereocenters. The maximum absolute atomic E-state index is 6.01. The monoisotopic (exact) mass is 330 g/mol. The van der Waals surface area contributed by atoms with E-state index in [0.29, 0.717) is 25.7 Å². The van der Waals surface area contributed by atoms with Gasteiger partial charge in [0.05, 0.1) is 33.0 Å². The van der Waals surface area contributed by atoms with Crippen LogP contribution in [0.4, 0.5) is 5.69 Å². The van der Waals surface area contributed by atoms with Gasteiger partial charge in [0.15, 0.2) is 0 Å². The Bertz CT molecular complexity index is 631. The fourth-order valence-electron chi connectivity index (χ4n) is 3.20. The number of pyridine rings is 1. The summed E-state index contributed by atoms with van der Waals surface area (Å²) in [5, 5.41) is 0. The van der Waals surface area contributed by atoms with Crippen molar-refractivity contribution in [2.75, 3.05) is 38.4 Å². The van der Waals surface area contributed by atoms with Crippen LogP contribution in [-0.2, 0) is 9.47 Å². The Morgan fingerprint density at radius 1 is 1.46 bits per heavy atom. The van der Waals surface area contributed by atoms with E-state index in [2.05, 4.69) is 41.6 Å². The fourth-order valence-corrected chi connectivity index (χ4v) is 3.20. The Labute approximate surface area is 144 Å². The number of rotatable bonds is 4. The summed E-state index contributed by atoms with van der Waals surface area (Å²) in [5.74, 6) is 7.09. The zero-order valence-electron chi connectivity index (χ0n) is 14.8. The van der Waals surface area contributed by atoms with E-state index < -0.39 is 0 Å². The molecule has 130 valence electrons. The van der Waals surface area contributed by atoms with Gasteiger partial charge in [0, 0.05) is 24.7 Å². The number of hydrogen-bond acceptors (Lipinski definition) is 5. The Balaban J connectivity index is 1.85. The van der Waals surface area contributed by atoms with Crippen LogP contribution in [0.15, 0.2) is 12.3 Å². The van der Waals surface area contributed by atoms with Crippen molar-refractivity contribution in [3.8, 4) is 17.7 Å². The van der Waals surface area contributed by atoms with Gasteiger partial charge in [-0.1, -0.05) is 25.2 Å². The second-order valence-electron chi connectivity index (χ2n) is 6.43. The third-order valence-corrected chi connectivity index (χ3v) is 4.87. The molecule has 3 rings (SSSR count). The smallest absolute Gasteiger partial charge is 0.237 e. The zero-order valence-corrected chi connectivity index (χ0v) is 14.8. The van der Waals surface area contributed by atoms with Crippen LogP contribution >= 0.6 is 0 Å². The van der Waals surface area contributed by atoms with Gasteiger partial charge < -0.3 is 19.1 Å². The van der Waals surface area contributed by atoms with Crippen molar-refractivity contribution in [2.24, 2.45) is 0 Å². The van der Waals surface area contributed by atoms with Crippen molar-refractivity contribution in [1.29, 1.82) is 0 Å². The summed E-state index contributed by atoms with van der Waals surface area (Å²) in [6.07, 6.45) is 5.00. The molecule has 24 heavy (non-hydrogen) atoms. The predicted octanol–water partition coefficient (Wildman–Crippen LogP) is 2.63. The van der Waals surface area contributed by atoms with Gasteiger partial charge in [-0.2, -0.15) is 0 Å². The molecule has 2 aliphatic heterocycles. The molecule has 1 unspecified atom stereocenters. The molecule has 0 radical (unpaired) electrons. The lowest BCUT2D eigenvalue weighted by atomic mass is 9.90. The van der Waals surface area contributed by atoms with E-state index in [0.717, 1.165) is 37.1 Å². The van der Waals surface area contributed by atoms with E-state index in [4.69, 9.17) is 14.2 Å². The number of methoxy groups -OCH3 is 1. The number of nitrogens with zero attached hydrogens (tertiary/aromatic N) is 2. The second-order valence-corrected chi connectivity index (χ2v) is 6.43. The van der Waals surface area contributed by atoms with Crippen LogP contribution in [0.5, 0.6) is 5.88 Å². The quantitative estimate of drug-likeness (QED) is 0.627. The second kappa shape index (κ2) is 7.42. The van der Waals surface area contributed by atoms with Crippen LogP contribution in [0.25, 0.3) is 0 Å². The summed E-state index contributed by atoms with van der Waals surface area (Å²) in [6.45, 7) is 7.15. The number of anilines is 1. The average molecular weight is 330 g/mol. The molecule has 3 heterocycles. The molecule has 0 saturated carbocycles. The Morgan fingerprint density at radius 2 is 2.29 bits per heavy atom. The number of ether oxygens (including phenoxy) is 3. The number of unbranched alkanes of at least 4 members (excludes halogenated alkanes) is 2. The van der Waals surface area contributed by atoms with Crippen molar-refractivity contribution >= 4 is 5.69 Å². The molecule has 0 amide bonds. The maximum atomic E-state index is 6.01. The lowest BCUT2D eigenvalue weighted by molar-refractivity contribution is -0.228. The number of morpholine rings is 1. The topological polar surface area (TPSA) is 43.8 Å². The van der Waals surface area contributed by atoms with Gasteiger partial charge >= 0.3 is 0 Å². The standard InChI is InChI=1S/C19H26N2O3/c1-4-5-6-7-8-16-11-17(18(22-3)20-12-16)21-9-10-24-19(15(21)2)13-23-14-19/h11-12,15H,4-6,9-10,13-14H2,1-3H3. The van der Waals surface area contributed by atoms with Gasteiger partial charge in [-0.05, 0) is 19.4 Å². The van der Waals surface area contributed by atoms with Crippen LogP contribution in [-0.4, -0.2) is 50.1 Å². The molecule has 0 aromatic carbocycles. The molecular weight excluding hydrogens is 304 g/mol. The van der Waals surface area contributed by atoms with Crippen molar-refractivity contribution in [1.82, 2.24) is 4.98 Å². The van der Waals surface area contributed by atoms with E-state index in [1.807, 2.05) is 0 Å². The van der Waals surface area contributed by atoms with E-state index in [9.17, 15) is 0 Å². The maximum Gasteiger partial charge on any atom is 0.237 e. The predicted molar refractivity (Wildman–Crippen MR) is 93.5 cm³/mol. The molecule has 2 aliphatic rings. The average Bonchev–Trinajstić information content (AvgIpc) is 2.57. The van der Waals surface area contributed by atoms with Gasteiger partial charge in [-0.15, -0.1) is 0 Å². The molecule has 2 fully saturated rings. The molecule has 0 N–H and O–H groups in total. The summed E-state index contributed by atoms with van der Waals surface area (Å²) in [4.78, 5) is 6.77. The highest BCUT2D eigenvalue weighted by molar-refractivity contribution is 5.60. The molecular formula is C19H26N2O3. The summed E-state index contributed by atoms with van der Waals surface area (Å²) in [5.41, 5.74) is 1.72. The SMILES string of the molecule is CCCCC#Cc1cnc(OC)c(N2CCOC3(COC3)C2C)c1. The lowest BCUT2D eigenvalue weighted by Gasteiger charge is -2.53. The van der Waals surface area contributed by atoms with Gasteiger partial charge in [0.25, 0.3) is 0 Å². The van der Waals surface area contributed by atoms with Crippen LogP contribution in [0, 0.1) is 11.8 Å². The molecule has 1 spiro atoms. The minimum Gasteiger partial charge on any atom is -0.480 e. The van der Waals surface area contributed by atoms with E-state index in [1.54, 1.807) is 13.3 Å². The molecule has 1 aromatic rings. The Hall–Kier alpha value is -1.77. The van der Waals surface area contributed by atoms with Crippen LogP contribution in [0.3, 0.4) is 0 Å². The molecule has 2 saturated heterocycles. The highest BCUT2D eigenvalue weighted by atomic mass is 16.6. The molecule has 0 aliphatic carbocycles. The van der Waals surface area contributed by atoms with Crippen LogP contribution in [0.1, 0.15) is 38.7 Å². The summed E-state index contributed by atoms with van der Waals surface area (Å²) >= 11 is 0. The van der Waals surface area contributed by atoms with Crippen molar-refractivity contribution in [3.05, 3.63) is 17.8 Å². The van der Waals surface area contributed by atoms with Gasteiger partial charge in [-0.3, -0.25) is 0 Å². The minimum absolute atomic E-state index is 0.202. The van der Waals surface area contributed by atoms with Crippen molar-refractivity contribution in [2.45, 2.75) is 44.8 Å². The van der Waals surface area contributed by atoms with Gasteiger partial charge in [-0.25, -0.2) is 4.98 Å². The van der Waals surface area contributed by atoms with E-state index in [1.165, 1.54) is 0 Å². The van der Waals surface area contributed by atoms with E-state index >= 15 is 0 Å².